The smallest absolute Gasteiger partial charge is 0.347 e. The fraction of sp³-hybridized carbons (Fsp3) is 0.818. The molecule has 8 heteroatoms. The molecule has 0 aromatic carbocycles. The van der Waals surface area contributed by atoms with Gasteiger partial charge in [-0.2, -0.15) is 13.2 Å². The Bertz CT molecular complexity index is 341. The number of rotatable bonds is 5. The molecule has 0 heterocycles. The van der Waals surface area contributed by atoms with Crippen molar-refractivity contribution in [1.29, 1.82) is 0 Å². The standard InChI is InChI=1S/C11H20F3N3O2/c1-5-10(2,15)9(19)17(7-11(12,13)14)6-8(18)16(3)4/h5-7,15H2,1-4H3. The molecule has 0 aliphatic carbocycles. The van der Waals surface area contributed by atoms with E-state index in [2.05, 4.69) is 0 Å². The van der Waals surface area contributed by atoms with Crippen molar-refractivity contribution < 1.29 is 22.8 Å². The monoisotopic (exact) mass is 283 g/mol. The van der Waals surface area contributed by atoms with Crippen molar-refractivity contribution in [3.63, 3.8) is 0 Å². The van der Waals surface area contributed by atoms with Gasteiger partial charge in [-0.3, -0.25) is 9.59 Å². The Hall–Kier alpha value is -1.31. The Kier molecular flexibility index (Phi) is 5.80. The van der Waals surface area contributed by atoms with Crippen LogP contribution in [0.5, 0.6) is 0 Å². The van der Waals surface area contributed by atoms with E-state index in [1.165, 1.54) is 21.0 Å². The Labute approximate surface area is 110 Å². The third kappa shape index (κ3) is 5.91. The van der Waals surface area contributed by atoms with Gasteiger partial charge in [0.15, 0.2) is 0 Å². The van der Waals surface area contributed by atoms with E-state index in [1.807, 2.05) is 0 Å². The van der Waals surface area contributed by atoms with Crippen molar-refractivity contribution in [2.45, 2.75) is 32.0 Å². The van der Waals surface area contributed by atoms with Crippen molar-refractivity contribution in [3.8, 4) is 0 Å². The van der Waals surface area contributed by atoms with E-state index in [1.54, 1.807) is 6.92 Å². The van der Waals surface area contributed by atoms with Crippen LogP contribution in [0.3, 0.4) is 0 Å². The summed E-state index contributed by atoms with van der Waals surface area (Å²) in [6.45, 7) is 0.812. The SMILES string of the molecule is CCC(C)(N)C(=O)N(CC(=O)N(C)C)CC(F)(F)F. The molecule has 0 aliphatic heterocycles. The molecule has 0 radical (unpaired) electrons. The van der Waals surface area contributed by atoms with Crippen LogP contribution >= 0.6 is 0 Å². The van der Waals surface area contributed by atoms with Gasteiger partial charge in [-0.05, 0) is 13.3 Å². The van der Waals surface area contributed by atoms with Crippen LogP contribution in [0.25, 0.3) is 0 Å². The van der Waals surface area contributed by atoms with Crippen LogP contribution in [0, 0.1) is 0 Å². The number of carbonyl (C=O) groups excluding carboxylic acids is 2. The molecule has 2 amide bonds. The van der Waals surface area contributed by atoms with Crippen LogP contribution in [0.2, 0.25) is 0 Å². The number of likely N-dealkylation sites (N-methyl/N-ethyl adjacent to an activating group) is 1. The molecule has 0 aliphatic rings. The van der Waals surface area contributed by atoms with E-state index in [-0.39, 0.29) is 6.42 Å². The van der Waals surface area contributed by atoms with Crippen LogP contribution in [0.1, 0.15) is 20.3 Å². The number of hydrogen-bond acceptors (Lipinski definition) is 3. The molecule has 0 fully saturated rings. The van der Waals surface area contributed by atoms with Crippen LogP contribution in [-0.2, 0) is 9.59 Å². The Morgan fingerprint density at radius 1 is 1.21 bits per heavy atom. The number of nitrogens with two attached hydrogens (primary N) is 1. The number of hydrogen-bond donors (Lipinski definition) is 1. The summed E-state index contributed by atoms with van der Waals surface area (Å²) < 4.78 is 37.4. The van der Waals surface area contributed by atoms with Gasteiger partial charge in [0.2, 0.25) is 11.8 Å². The highest BCUT2D eigenvalue weighted by Gasteiger charge is 2.39. The number of halogens is 3. The molecule has 112 valence electrons. The zero-order valence-corrected chi connectivity index (χ0v) is 11.5. The van der Waals surface area contributed by atoms with Gasteiger partial charge in [0.05, 0.1) is 5.54 Å². The average Bonchev–Trinajstić information content (AvgIpc) is 2.24. The van der Waals surface area contributed by atoms with Crippen LogP contribution in [0.15, 0.2) is 0 Å². The largest absolute Gasteiger partial charge is 0.406 e. The molecular formula is C11H20F3N3O2. The van der Waals surface area contributed by atoms with Crippen LogP contribution in [-0.4, -0.2) is 60.5 Å². The summed E-state index contributed by atoms with van der Waals surface area (Å²) in [4.78, 5) is 25.0. The third-order valence-electron chi connectivity index (χ3n) is 2.71. The summed E-state index contributed by atoms with van der Waals surface area (Å²) in [5, 5.41) is 0. The first kappa shape index (κ1) is 17.7. The third-order valence-corrected chi connectivity index (χ3v) is 2.71. The van der Waals surface area contributed by atoms with E-state index in [0.717, 1.165) is 4.90 Å². The van der Waals surface area contributed by atoms with Gasteiger partial charge in [-0.25, -0.2) is 0 Å². The second-order valence-corrected chi connectivity index (χ2v) is 4.84. The maximum atomic E-state index is 12.5. The van der Waals surface area contributed by atoms with Gasteiger partial charge in [0, 0.05) is 14.1 Å². The summed E-state index contributed by atoms with van der Waals surface area (Å²) in [6.07, 6.45) is -4.40. The summed E-state index contributed by atoms with van der Waals surface area (Å²) in [7, 11) is 2.81. The fourth-order valence-electron chi connectivity index (χ4n) is 1.23. The lowest BCUT2D eigenvalue weighted by atomic mass is 9.98. The Morgan fingerprint density at radius 2 is 1.68 bits per heavy atom. The Balaban J connectivity index is 5.07. The quantitative estimate of drug-likeness (QED) is 0.803. The minimum absolute atomic E-state index is 0.177. The molecule has 5 nitrogen and oxygen atoms in total. The summed E-state index contributed by atoms with van der Waals surface area (Å²) in [5.41, 5.74) is 4.23. The Morgan fingerprint density at radius 3 is 2.00 bits per heavy atom. The topological polar surface area (TPSA) is 66.6 Å². The molecule has 0 rings (SSSR count). The molecule has 0 saturated carbocycles. The van der Waals surface area contributed by atoms with Crippen molar-refractivity contribution in [1.82, 2.24) is 9.80 Å². The van der Waals surface area contributed by atoms with Crippen molar-refractivity contribution in [3.05, 3.63) is 0 Å². The number of carbonyl (C=O) groups is 2. The summed E-state index contributed by atoms with van der Waals surface area (Å²) in [5.74, 6) is -1.48. The molecule has 1 atom stereocenters. The van der Waals surface area contributed by atoms with Crippen molar-refractivity contribution in [2.24, 2.45) is 5.73 Å². The second-order valence-electron chi connectivity index (χ2n) is 4.84. The molecule has 2 N–H and O–H groups in total. The van der Waals surface area contributed by atoms with E-state index in [9.17, 15) is 22.8 Å². The maximum absolute atomic E-state index is 12.5. The lowest BCUT2D eigenvalue weighted by Crippen LogP contribution is -2.56. The van der Waals surface area contributed by atoms with Crippen molar-refractivity contribution >= 4 is 11.8 Å². The molecule has 0 bridgehead atoms. The number of nitrogens with zero attached hydrogens (tertiary/aromatic N) is 2. The highest BCUT2D eigenvalue weighted by molar-refractivity contribution is 5.89. The molecule has 0 spiro atoms. The number of alkyl halides is 3. The second kappa shape index (κ2) is 6.23. The van der Waals surface area contributed by atoms with E-state index < -0.39 is 36.6 Å². The van der Waals surface area contributed by atoms with Gasteiger partial charge >= 0.3 is 6.18 Å². The van der Waals surface area contributed by atoms with Gasteiger partial charge in [-0.1, -0.05) is 6.92 Å². The van der Waals surface area contributed by atoms with Crippen LogP contribution in [0.4, 0.5) is 13.2 Å². The average molecular weight is 283 g/mol. The first-order valence-electron chi connectivity index (χ1n) is 5.76. The van der Waals surface area contributed by atoms with Crippen LogP contribution < -0.4 is 5.73 Å². The summed E-state index contributed by atoms with van der Waals surface area (Å²) >= 11 is 0. The molecule has 19 heavy (non-hydrogen) atoms. The minimum atomic E-state index is -4.58. The van der Waals surface area contributed by atoms with Crippen molar-refractivity contribution in [2.75, 3.05) is 27.2 Å². The minimum Gasteiger partial charge on any atom is -0.347 e. The first-order valence-corrected chi connectivity index (χ1v) is 5.76. The lowest BCUT2D eigenvalue weighted by molar-refractivity contribution is -0.166. The van der Waals surface area contributed by atoms with Gasteiger partial charge in [0.25, 0.3) is 0 Å². The van der Waals surface area contributed by atoms with Gasteiger partial charge in [0.1, 0.15) is 13.1 Å². The lowest BCUT2D eigenvalue weighted by Gasteiger charge is -2.31. The molecular weight excluding hydrogens is 263 g/mol. The number of amides is 2. The molecule has 0 aromatic heterocycles. The van der Waals surface area contributed by atoms with E-state index in [0.29, 0.717) is 4.90 Å². The fourth-order valence-corrected chi connectivity index (χ4v) is 1.23. The molecule has 1 unspecified atom stereocenters. The highest BCUT2D eigenvalue weighted by Crippen LogP contribution is 2.19. The van der Waals surface area contributed by atoms with E-state index >= 15 is 0 Å². The van der Waals surface area contributed by atoms with E-state index in [4.69, 9.17) is 5.73 Å². The summed E-state index contributed by atoms with van der Waals surface area (Å²) in [6, 6.07) is 0. The zero-order valence-electron chi connectivity index (χ0n) is 11.5. The maximum Gasteiger partial charge on any atom is 0.406 e. The predicted molar refractivity (Wildman–Crippen MR) is 64.2 cm³/mol. The zero-order chi connectivity index (χ0) is 15.4. The normalized spacial score (nSPS) is 14.7. The first-order chi connectivity index (χ1) is 8.40. The molecule has 0 aromatic rings. The predicted octanol–water partition coefficient (Wildman–Crippen LogP) is 0.593. The molecule has 0 saturated heterocycles. The van der Waals surface area contributed by atoms with Gasteiger partial charge < -0.3 is 15.5 Å². The van der Waals surface area contributed by atoms with Gasteiger partial charge in [-0.15, -0.1) is 0 Å². The highest BCUT2D eigenvalue weighted by atomic mass is 19.4.